The van der Waals surface area contributed by atoms with Gasteiger partial charge in [-0.1, -0.05) is 0 Å². The summed E-state index contributed by atoms with van der Waals surface area (Å²) in [7, 11) is 0. The van der Waals surface area contributed by atoms with E-state index in [9.17, 15) is 9.59 Å². The molecule has 1 aliphatic heterocycles. The summed E-state index contributed by atoms with van der Waals surface area (Å²) < 4.78 is 5.67. The molecule has 2 aromatic rings. The quantitative estimate of drug-likeness (QED) is 0.928. The van der Waals surface area contributed by atoms with Gasteiger partial charge in [0.25, 0.3) is 11.8 Å². The summed E-state index contributed by atoms with van der Waals surface area (Å²) in [5, 5.41) is 2.76. The lowest BCUT2D eigenvalue weighted by Crippen LogP contribution is -2.42. The molecule has 0 radical (unpaired) electrons. The number of morpholine rings is 1. The maximum absolute atomic E-state index is 12.5. The van der Waals surface area contributed by atoms with Gasteiger partial charge in [-0.3, -0.25) is 9.59 Å². The van der Waals surface area contributed by atoms with Crippen molar-refractivity contribution in [3.63, 3.8) is 0 Å². The van der Waals surface area contributed by atoms with Crippen LogP contribution in [0.3, 0.4) is 0 Å². The molecule has 3 heterocycles. The predicted octanol–water partition coefficient (Wildman–Crippen LogP) is 1.52. The molecular weight excluding hydrogens is 310 g/mol. The zero-order chi connectivity index (χ0) is 14.8. The minimum absolute atomic E-state index is 0.0997. The fraction of sp³-hybridized carbons (Fsp3) is 0.308. The van der Waals surface area contributed by atoms with E-state index in [2.05, 4.69) is 4.98 Å². The zero-order valence-electron chi connectivity index (χ0n) is 11.0. The number of hydrogen-bond acceptors (Lipinski definition) is 6. The highest BCUT2D eigenvalue weighted by Gasteiger charge is 2.28. The van der Waals surface area contributed by atoms with Crippen LogP contribution in [-0.4, -0.2) is 41.4 Å². The Labute approximate surface area is 129 Å². The van der Waals surface area contributed by atoms with Gasteiger partial charge in [-0.05, 0) is 12.1 Å². The number of aromatic nitrogens is 1. The van der Waals surface area contributed by atoms with Crippen molar-refractivity contribution in [2.75, 3.05) is 19.7 Å². The predicted molar refractivity (Wildman–Crippen MR) is 79.5 cm³/mol. The van der Waals surface area contributed by atoms with E-state index >= 15 is 0 Å². The average molecular weight is 323 g/mol. The Bertz CT molecular complexity index is 653. The van der Waals surface area contributed by atoms with Crippen LogP contribution in [0.25, 0.3) is 0 Å². The lowest BCUT2D eigenvalue weighted by atomic mass is 10.2. The minimum Gasteiger partial charge on any atom is -0.367 e. The molecule has 1 fully saturated rings. The number of rotatable bonds is 3. The summed E-state index contributed by atoms with van der Waals surface area (Å²) in [4.78, 5) is 30.4. The fourth-order valence-electron chi connectivity index (χ4n) is 2.12. The number of thiophene rings is 1. The number of nitrogens with zero attached hydrogens (tertiary/aromatic N) is 2. The highest BCUT2D eigenvalue weighted by Crippen LogP contribution is 2.26. The molecule has 0 saturated carbocycles. The van der Waals surface area contributed by atoms with Crippen molar-refractivity contribution < 1.29 is 14.3 Å². The van der Waals surface area contributed by atoms with Crippen molar-refractivity contribution in [1.82, 2.24) is 9.88 Å². The summed E-state index contributed by atoms with van der Waals surface area (Å²) in [6.07, 6.45) is 1.54. The number of ether oxygens (including phenoxy) is 1. The molecule has 3 rings (SSSR count). The van der Waals surface area contributed by atoms with Crippen LogP contribution < -0.4 is 5.73 Å². The van der Waals surface area contributed by atoms with E-state index in [0.29, 0.717) is 29.5 Å². The van der Waals surface area contributed by atoms with Gasteiger partial charge >= 0.3 is 0 Å². The van der Waals surface area contributed by atoms with Gasteiger partial charge in [0.1, 0.15) is 11.1 Å². The standard InChI is InChI=1S/C13H13N3O3S2/c14-11(17)9-1-2-10(21-9)13(18)16-4-5-19-8(7-16)12-15-3-6-20-12/h1-3,6,8H,4-5,7H2,(H2,14,17). The first-order chi connectivity index (χ1) is 10.1. The molecule has 8 heteroatoms. The molecule has 1 aliphatic rings. The van der Waals surface area contributed by atoms with E-state index in [1.54, 1.807) is 23.2 Å². The van der Waals surface area contributed by atoms with Crippen LogP contribution in [0.15, 0.2) is 23.7 Å². The monoisotopic (exact) mass is 323 g/mol. The van der Waals surface area contributed by atoms with Gasteiger partial charge in [0.15, 0.2) is 0 Å². The molecule has 0 bridgehead atoms. The van der Waals surface area contributed by atoms with Crippen LogP contribution in [0.4, 0.5) is 0 Å². The molecule has 0 aliphatic carbocycles. The van der Waals surface area contributed by atoms with Gasteiger partial charge in [-0.25, -0.2) is 4.98 Å². The first-order valence-electron chi connectivity index (χ1n) is 6.35. The lowest BCUT2D eigenvalue weighted by molar-refractivity contribution is -0.0227. The van der Waals surface area contributed by atoms with Crippen LogP contribution in [0.2, 0.25) is 0 Å². The van der Waals surface area contributed by atoms with Gasteiger partial charge in [-0.15, -0.1) is 22.7 Å². The second-order valence-corrected chi connectivity index (χ2v) is 6.52. The Balaban J connectivity index is 1.73. The molecule has 0 aromatic carbocycles. The summed E-state index contributed by atoms with van der Waals surface area (Å²) >= 11 is 2.64. The molecule has 1 saturated heterocycles. The van der Waals surface area contributed by atoms with Crippen molar-refractivity contribution in [2.45, 2.75) is 6.10 Å². The second kappa shape index (κ2) is 5.92. The van der Waals surface area contributed by atoms with Crippen LogP contribution in [0, 0.1) is 0 Å². The molecule has 21 heavy (non-hydrogen) atoms. The largest absolute Gasteiger partial charge is 0.367 e. The van der Waals surface area contributed by atoms with E-state index in [-0.39, 0.29) is 12.0 Å². The van der Waals surface area contributed by atoms with Crippen molar-refractivity contribution in [3.05, 3.63) is 38.5 Å². The van der Waals surface area contributed by atoms with Crippen molar-refractivity contribution in [1.29, 1.82) is 0 Å². The highest BCUT2D eigenvalue weighted by molar-refractivity contribution is 7.15. The number of primary amides is 1. The fourth-order valence-corrected chi connectivity index (χ4v) is 3.62. The zero-order valence-corrected chi connectivity index (χ0v) is 12.7. The molecule has 110 valence electrons. The topological polar surface area (TPSA) is 85.5 Å². The van der Waals surface area contributed by atoms with Crippen LogP contribution in [0.5, 0.6) is 0 Å². The van der Waals surface area contributed by atoms with E-state index in [1.807, 2.05) is 5.38 Å². The second-order valence-electron chi connectivity index (χ2n) is 4.51. The number of hydrogen-bond donors (Lipinski definition) is 1. The molecular formula is C13H13N3O3S2. The third-order valence-electron chi connectivity index (χ3n) is 3.14. The van der Waals surface area contributed by atoms with Gasteiger partial charge in [-0.2, -0.15) is 0 Å². The third-order valence-corrected chi connectivity index (χ3v) is 5.10. The molecule has 2 amide bonds. The van der Waals surface area contributed by atoms with Gasteiger partial charge < -0.3 is 15.4 Å². The maximum atomic E-state index is 12.5. The number of nitrogens with two attached hydrogens (primary N) is 1. The molecule has 0 spiro atoms. The molecule has 2 aromatic heterocycles. The van der Waals surface area contributed by atoms with Gasteiger partial charge in [0.2, 0.25) is 0 Å². The normalized spacial score (nSPS) is 18.7. The van der Waals surface area contributed by atoms with Gasteiger partial charge in [0, 0.05) is 18.1 Å². The van der Waals surface area contributed by atoms with Crippen molar-refractivity contribution >= 4 is 34.5 Å². The minimum atomic E-state index is -0.512. The highest BCUT2D eigenvalue weighted by atomic mass is 32.1. The smallest absolute Gasteiger partial charge is 0.264 e. The third kappa shape index (κ3) is 2.97. The van der Waals surface area contributed by atoms with Gasteiger partial charge in [0.05, 0.1) is 22.9 Å². The Morgan fingerprint density at radius 3 is 2.86 bits per heavy atom. The Morgan fingerprint density at radius 2 is 2.19 bits per heavy atom. The van der Waals surface area contributed by atoms with E-state index < -0.39 is 5.91 Å². The Hall–Kier alpha value is -1.77. The van der Waals surface area contributed by atoms with Crippen LogP contribution in [-0.2, 0) is 4.74 Å². The SMILES string of the molecule is NC(=O)c1ccc(C(=O)N2CCOC(c3nccs3)C2)s1. The number of amides is 2. The lowest BCUT2D eigenvalue weighted by Gasteiger charge is -2.31. The van der Waals surface area contributed by atoms with E-state index in [0.717, 1.165) is 16.3 Å². The first-order valence-corrected chi connectivity index (χ1v) is 8.04. The Kier molecular flexibility index (Phi) is 4.00. The Morgan fingerprint density at radius 1 is 1.38 bits per heavy atom. The van der Waals surface area contributed by atoms with Crippen LogP contribution >= 0.6 is 22.7 Å². The van der Waals surface area contributed by atoms with Crippen molar-refractivity contribution in [2.24, 2.45) is 5.73 Å². The summed E-state index contributed by atoms with van der Waals surface area (Å²) in [5.41, 5.74) is 5.21. The summed E-state index contributed by atoms with van der Waals surface area (Å²) in [6.45, 7) is 1.48. The van der Waals surface area contributed by atoms with E-state index in [1.165, 1.54) is 11.3 Å². The number of carbonyl (C=O) groups is 2. The summed E-state index contributed by atoms with van der Waals surface area (Å²) in [5.74, 6) is -0.612. The average Bonchev–Trinajstić information content (AvgIpc) is 3.18. The molecule has 1 atom stereocenters. The number of carbonyl (C=O) groups excluding carboxylic acids is 2. The summed E-state index contributed by atoms with van der Waals surface area (Å²) in [6, 6.07) is 3.22. The molecule has 1 unspecified atom stereocenters. The molecule has 6 nitrogen and oxygen atoms in total. The van der Waals surface area contributed by atoms with Crippen molar-refractivity contribution in [3.8, 4) is 0 Å². The number of thiazole rings is 1. The molecule has 2 N–H and O–H groups in total. The first kappa shape index (κ1) is 14.2. The van der Waals surface area contributed by atoms with E-state index in [4.69, 9.17) is 10.5 Å². The van der Waals surface area contributed by atoms with Crippen LogP contribution in [0.1, 0.15) is 30.5 Å². The maximum Gasteiger partial charge on any atom is 0.264 e.